The molecule has 3 heterocycles. The van der Waals surface area contributed by atoms with Gasteiger partial charge < -0.3 is 26.2 Å². The van der Waals surface area contributed by atoms with Crippen LogP contribution in [0.1, 0.15) is 34.8 Å². The van der Waals surface area contributed by atoms with E-state index in [0.717, 1.165) is 12.8 Å². The van der Waals surface area contributed by atoms with E-state index in [4.69, 9.17) is 10.8 Å². The molecule has 1 aromatic carbocycles. The molecule has 0 saturated carbocycles. The lowest BCUT2D eigenvalue weighted by Crippen LogP contribution is -2.27. The molecule has 1 aliphatic rings. The molecule has 3 aromatic rings. The highest BCUT2D eigenvalue weighted by Crippen LogP contribution is 2.39. The summed E-state index contributed by atoms with van der Waals surface area (Å²) in [5.41, 5.74) is 6.81. The molecule has 9 nitrogen and oxygen atoms in total. The average Bonchev–Trinajstić information content (AvgIpc) is 3.31. The second-order valence-corrected chi connectivity index (χ2v) is 6.85. The molecule has 5 N–H and O–H groups in total. The van der Waals surface area contributed by atoms with E-state index in [1.165, 1.54) is 22.7 Å². The van der Waals surface area contributed by atoms with E-state index in [9.17, 15) is 14.3 Å². The first-order valence-electron chi connectivity index (χ1n) is 9.28. The molecule has 0 spiro atoms. The highest BCUT2D eigenvalue weighted by atomic mass is 19.1. The number of anilines is 2. The van der Waals surface area contributed by atoms with E-state index in [2.05, 4.69) is 15.4 Å². The number of nitrogen functional groups attached to an aromatic ring is 1. The number of halogens is 1. The smallest absolute Gasteiger partial charge is 0.259 e. The van der Waals surface area contributed by atoms with Gasteiger partial charge in [0, 0.05) is 24.8 Å². The third-order valence-electron chi connectivity index (χ3n) is 5.02. The summed E-state index contributed by atoms with van der Waals surface area (Å²) in [5, 5.41) is 25.8. The molecule has 1 atom stereocenters. The van der Waals surface area contributed by atoms with Crippen LogP contribution in [-0.2, 0) is 0 Å². The second-order valence-electron chi connectivity index (χ2n) is 6.85. The number of benzene rings is 1. The molecule has 0 bridgehead atoms. The molecule has 1 amide bonds. The molecule has 1 fully saturated rings. The maximum atomic E-state index is 13.8. The van der Waals surface area contributed by atoms with Crippen LogP contribution in [0.2, 0.25) is 0 Å². The molecule has 1 aliphatic heterocycles. The zero-order valence-electron chi connectivity index (χ0n) is 15.5. The normalized spacial score (nSPS) is 16.5. The molecule has 4 rings (SSSR count). The molecular weight excluding hydrogens is 379 g/mol. The Morgan fingerprint density at radius 1 is 1.38 bits per heavy atom. The summed E-state index contributed by atoms with van der Waals surface area (Å²) in [7, 11) is 0. The SMILES string of the molecule is Nc1nn2ccc(N3CCCC3c3cc(F)ccc3O)nc2c1C(=O)NCCO. The van der Waals surface area contributed by atoms with Gasteiger partial charge in [0.05, 0.1) is 12.6 Å². The summed E-state index contributed by atoms with van der Waals surface area (Å²) in [6.07, 6.45) is 3.23. The number of phenolic OH excluding ortho intramolecular Hbond substituents is 1. The first-order chi connectivity index (χ1) is 14.0. The Labute approximate surface area is 165 Å². The standard InChI is InChI=1S/C19H21FN6O3/c20-11-3-4-14(28)12(10-11)13-2-1-7-25(13)15-5-8-26-18(23-15)16(17(21)24-26)19(29)22-6-9-27/h3-5,8,10,13,27-28H,1-2,6-7,9H2,(H2,21,24)(H,22,29). The van der Waals surface area contributed by atoms with Crippen LogP contribution in [0.5, 0.6) is 5.75 Å². The first kappa shape index (κ1) is 18.9. The lowest BCUT2D eigenvalue weighted by atomic mass is 10.0. The van der Waals surface area contributed by atoms with E-state index < -0.39 is 11.7 Å². The zero-order valence-corrected chi connectivity index (χ0v) is 15.5. The first-order valence-corrected chi connectivity index (χ1v) is 9.28. The summed E-state index contributed by atoms with van der Waals surface area (Å²) in [4.78, 5) is 19.0. The molecule has 1 unspecified atom stereocenters. The van der Waals surface area contributed by atoms with Gasteiger partial charge in [0.2, 0.25) is 0 Å². The molecule has 1 saturated heterocycles. The number of nitrogens with one attached hydrogen (secondary N) is 1. The fraction of sp³-hybridized carbons (Fsp3) is 0.316. The van der Waals surface area contributed by atoms with E-state index in [0.29, 0.717) is 17.9 Å². The van der Waals surface area contributed by atoms with Gasteiger partial charge in [0.25, 0.3) is 5.91 Å². The predicted octanol–water partition coefficient (Wildman–Crippen LogP) is 1.22. The van der Waals surface area contributed by atoms with Gasteiger partial charge in [-0.3, -0.25) is 4.79 Å². The number of amides is 1. The Bertz CT molecular complexity index is 1070. The van der Waals surface area contributed by atoms with Crippen molar-refractivity contribution in [3.8, 4) is 5.75 Å². The van der Waals surface area contributed by atoms with E-state index in [-0.39, 0.29) is 42.0 Å². The number of nitrogens with two attached hydrogens (primary N) is 1. The zero-order chi connectivity index (χ0) is 20.5. The van der Waals surface area contributed by atoms with Crippen LogP contribution in [0.3, 0.4) is 0 Å². The molecule has 10 heteroatoms. The van der Waals surface area contributed by atoms with Crippen LogP contribution in [0, 0.1) is 5.82 Å². The van der Waals surface area contributed by atoms with Crippen molar-refractivity contribution < 1.29 is 19.4 Å². The highest BCUT2D eigenvalue weighted by Gasteiger charge is 2.30. The van der Waals surface area contributed by atoms with Crippen LogP contribution in [0.4, 0.5) is 16.0 Å². The lowest BCUT2D eigenvalue weighted by molar-refractivity contribution is 0.0947. The van der Waals surface area contributed by atoms with Crippen LogP contribution in [0.15, 0.2) is 30.5 Å². The van der Waals surface area contributed by atoms with Crippen LogP contribution < -0.4 is 16.0 Å². The number of aromatic hydroxyl groups is 1. The van der Waals surface area contributed by atoms with Crippen LogP contribution in [0.25, 0.3) is 5.65 Å². The number of hydrogen-bond acceptors (Lipinski definition) is 7. The van der Waals surface area contributed by atoms with Gasteiger partial charge in [-0.05, 0) is 37.1 Å². The number of aliphatic hydroxyl groups excluding tert-OH is 1. The van der Waals surface area contributed by atoms with Gasteiger partial charge in [-0.25, -0.2) is 13.9 Å². The van der Waals surface area contributed by atoms with Gasteiger partial charge in [0.1, 0.15) is 22.9 Å². The van der Waals surface area contributed by atoms with Crippen molar-refractivity contribution >= 4 is 23.2 Å². The Morgan fingerprint density at radius 2 is 2.21 bits per heavy atom. The van der Waals surface area contributed by atoms with Crippen molar-refractivity contribution in [1.29, 1.82) is 0 Å². The minimum Gasteiger partial charge on any atom is -0.508 e. The molecular formula is C19H21FN6O3. The topological polar surface area (TPSA) is 129 Å². The number of carbonyl (C=O) groups is 1. The highest BCUT2D eigenvalue weighted by molar-refractivity contribution is 6.04. The molecule has 29 heavy (non-hydrogen) atoms. The number of aliphatic hydroxyl groups is 1. The Balaban J connectivity index is 1.73. The second kappa shape index (κ2) is 7.55. The minimum absolute atomic E-state index is 0.0297. The fourth-order valence-electron chi connectivity index (χ4n) is 3.73. The van der Waals surface area contributed by atoms with Gasteiger partial charge in [-0.1, -0.05) is 0 Å². The third kappa shape index (κ3) is 3.42. The monoisotopic (exact) mass is 400 g/mol. The molecule has 2 aromatic heterocycles. The summed E-state index contributed by atoms with van der Waals surface area (Å²) in [6.45, 7) is 0.554. The Morgan fingerprint density at radius 3 is 3.00 bits per heavy atom. The Hall–Kier alpha value is -3.40. The van der Waals surface area contributed by atoms with Crippen molar-refractivity contribution in [3.05, 3.63) is 47.4 Å². The molecule has 0 radical (unpaired) electrons. The summed E-state index contributed by atoms with van der Waals surface area (Å²) in [6, 6.07) is 5.39. The number of nitrogens with zero attached hydrogens (tertiary/aromatic N) is 4. The lowest BCUT2D eigenvalue weighted by Gasteiger charge is -2.26. The summed E-state index contributed by atoms with van der Waals surface area (Å²) < 4.78 is 15.2. The minimum atomic E-state index is -0.475. The maximum Gasteiger partial charge on any atom is 0.259 e. The van der Waals surface area contributed by atoms with Crippen molar-refractivity contribution in [2.24, 2.45) is 0 Å². The van der Waals surface area contributed by atoms with Crippen molar-refractivity contribution in [2.75, 3.05) is 30.3 Å². The van der Waals surface area contributed by atoms with Crippen molar-refractivity contribution in [2.45, 2.75) is 18.9 Å². The number of fused-ring (bicyclic) bond motifs is 1. The van der Waals surface area contributed by atoms with Gasteiger partial charge in [-0.15, -0.1) is 5.10 Å². The van der Waals surface area contributed by atoms with Gasteiger partial charge >= 0.3 is 0 Å². The van der Waals surface area contributed by atoms with E-state index in [1.807, 2.05) is 4.90 Å². The quantitative estimate of drug-likeness (QED) is 0.507. The van der Waals surface area contributed by atoms with Gasteiger partial charge in [-0.2, -0.15) is 0 Å². The van der Waals surface area contributed by atoms with Crippen LogP contribution in [-0.4, -0.2) is 50.4 Å². The van der Waals surface area contributed by atoms with E-state index >= 15 is 0 Å². The summed E-state index contributed by atoms with van der Waals surface area (Å²) in [5.74, 6) is -0.260. The predicted molar refractivity (Wildman–Crippen MR) is 104 cm³/mol. The largest absolute Gasteiger partial charge is 0.508 e. The van der Waals surface area contributed by atoms with Gasteiger partial charge in [0.15, 0.2) is 11.5 Å². The fourth-order valence-corrected chi connectivity index (χ4v) is 3.73. The van der Waals surface area contributed by atoms with Crippen molar-refractivity contribution in [1.82, 2.24) is 19.9 Å². The molecule has 152 valence electrons. The number of rotatable bonds is 5. The number of aromatic nitrogens is 3. The van der Waals surface area contributed by atoms with E-state index in [1.54, 1.807) is 12.3 Å². The maximum absolute atomic E-state index is 13.8. The van der Waals surface area contributed by atoms with Crippen molar-refractivity contribution in [3.63, 3.8) is 0 Å². The Kier molecular flexibility index (Phi) is 4.93. The third-order valence-corrected chi connectivity index (χ3v) is 5.02. The van der Waals surface area contributed by atoms with Crippen LogP contribution >= 0.6 is 0 Å². The average molecular weight is 400 g/mol. The number of phenols is 1. The number of hydrogen-bond donors (Lipinski definition) is 4. The summed E-state index contributed by atoms with van der Waals surface area (Å²) >= 11 is 0. The number of carbonyl (C=O) groups excluding carboxylic acids is 1. The molecule has 0 aliphatic carbocycles.